The van der Waals surface area contributed by atoms with Gasteiger partial charge in [-0.05, 0) is 33.6 Å². The monoisotopic (exact) mass is 187 g/mol. The van der Waals surface area contributed by atoms with Crippen LogP contribution in [0.4, 0.5) is 0 Å². The summed E-state index contributed by atoms with van der Waals surface area (Å²) in [5.74, 6) is 0. The molecule has 1 saturated heterocycles. The quantitative estimate of drug-likeness (QED) is 0.662. The Morgan fingerprint density at radius 1 is 1.38 bits per heavy atom. The third kappa shape index (κ3) is 4.07. The highest BCUT2D eigenvalue weighted by atomic mass is 16.7. The first kappa shape index (κ1) is 11.0. The summed E-state index contributed by atoms with van der Waals surface area (Å²) in [4.78, 5) is 0. The number of hydrogen-bond donors (Lipinski definition) is 1. The second-order valence-electron chi connectivity index (χ2n) is 3.70. The van der Waals surface area contributed by atoms with Crippen molar-refractivity contribution in [2.45, 2.75) is 52.0 Å². The van der Waals surface area contributed by atoms with Crippen molar-refractivity contribution in [1.82, 2.24) is 5.32 Å². The van der Waals surface area contributed by atoms with Gasteiger partial charge in [-0.3, -0.25) is 0 Å². The Balaban J connectivity index is 2.05. The van der Waals surface area contributed by atoms with Crippen molar-refractivity contribution in [3.63, 3.8) is 0 Å². The number of nitrogens with one attached hydrogen (secondary N) is 1. The molecule has 78 valence electrons. The molecule has 0 aromatic rings. The molecule has 1 unspecified atom stereocenters. The zero-order valence-electron chi connectivity index (χ0n) is 8.88. The van der Waals surface area contributed by atoms with Crippen molar-refractivity contribution in [2.24, 2.45) is 0 Å². The van der Waals surface area contributed by atoms with E-state index in [0.29, 0.717) is 12.1 Å². The summed E-state index contributed by atoms with van der Waals surface area (Å²) in [7, 11) is 0. The average molecular weight is 187 g/mol. The van der Waals surface area contributed by atoms with Crippen molar-refractivity contribution >= 4 is 0 Å². The maximum absolute atomic E-state index is 5.53. The molecule has 0 amide bonds. The Kier molecular flexibility index (Phi) is 4.70. The van der Waals surface area contributed by atoms with E-state index in [1.165, 1.54) is 12.8 Å². The van der Waals surface area contributed by atoms with Gasteiger partial charge in [0.2, 0.25) is 0 Å². The average Bonchev–Trinajstić information content (AvgIpc) is 2.49. The van der Waals surface area contributed by atoms with E-state index in [2.05, 4.69) is 12.2 Å². The minimum absolute atomic E-state index is 0.0669. The van der Waals surface area contributed by atoms with E-state index in [9.17, 15) is 0 Å². The summed E-state index contributed by atoms with van der Waals surface area (Å²) in [5, 5.41) is 3.47. The Bertz CT molecular complexity index is 141. The molecule has 0 aliphatic carbocycles. The van der Waals surface area contributed by atoms with E-state index < -0.39 is 0 Å². The van der Waals surface area contributed by atoms with Gasteiger partial charge in [-0.1, -0.05) is 0 Å². The van der Waals surface area contributed by atoms with Crippen molar-refractivity contribution in [3.05, 3.63) is 0 Å². The van der Waals surface area contributed by atoms with Crippen LogP contribution < -0.4 is 5.32 Å². The molecule has 3 heteroatoms. The van der Waals surface area contributed by atoms with Crippen LogP contribution in [-0.4, -0.2) is 31.6 Å². The van der Waals surface area contributed by atoms with Gasteiger partial charge >= 0.3 is 0 Å². The SMILES string of the molecule is CCOC(C)OC[C@@H]1CC[C@H](C)N1. The van der Waals surface area contributed by atoms with Gasteiger partial charge in [-0.15, -0.1) is 0 Å². The van der Waals surface area contributed by atoms with E-state index in [1.807, 2.05) is 13.8 Å². The van der Waals surface area contributed by atoms with Crippen molar-refractivity contribution in [3.8, 4) is 0 Å². The maximum Gasteiger partial charge on any atom is 0.154 e. The Hall–Kier alpha value is -0.120. The Morgan fingerprint density at radius 3 is 2.69 bits per heavy atom. The van der Waals surface area contributed by atoms with Crippen LogP contribution in [0.5, 0.6) is 0 Å². The van der Waals surface area contributed by atoms with E-state index >= 15 is 0 Å². The number of ether oxygens (including phenoxy) is 2. The van der Waals surface area contributed by atoms with Gasteiger partial charge in [0.25, 0.3) is 0 Å². The van der Waals surface area contributed by atoms with Gasteiger partial charge in [-0.25, -0.2) is 0 Å². The van der Waals surface area contributed by atoms with E-state index in [4.69, 9.17) is 9.47 Å². The summed E-state index contributed by atoms with van der Waals surface area (Å²) < 4.78 is 10.8. The third-order valence-electron chi connectivity index (χ3n) is 2.40. The normalized spacial score (nSPS) is 30.7. The molecule has 3 atom stereocenters. The molecule has 1 heterocycles. The van der Waals surface area contributed by atoms with Gasteiger partial charge in [0, 0.05) is 18.7 Å². The van der Waals surface area contributed by atoms with Crippen LogP contribution in [0.3, 0.4) is 0 Å². The van der Waals surface area contributed by atoms with Crippen molar-refractivity contribution in [2.75, 3.05) is 13.2 Å². The largest absolute Gasteiger partial charge is 0.353 e. The smallest absolute Gasteiger partial charge is 0.154 e. The van der Waals surface area contributed by atoms with Crippen molar-refractivity contribution < 1.29 is 9.47 Å². The zero-order chi connectivity index (χ0) is 9.68. The van der Waals surface area contributed by atoms with E-state index in [1.54, 1.807) is 0 Å². The fraction of sp³-hybridized carbons (Fsp3) is 1.00. The van der Waals surface area contributed by atoms with Crippen LogP contribution in [-0.2, 0) is 9.47 Å². The second kappa shape index (κ2) is 5.58. The summed E-state index contributed by atoms with van der Waals surface area (Å²) in [6.07, 6.45) is 2.42. The summed E-state index contributed by atoms with van der Waals surface area (Å²) in [5.41, 5.74) is 0. The van der Waals surface area contributed by atoms with Crippen LogP contribution in [0.25, 0.3) is 0 Å². The molecular weight excluding hydrogens is 166 g/mol. The van der Waals surface area contributed by atoms with E-state index in [0.717, 1.165) is 13.2 Å². The molecule has 0 aromatic carbocycles. The third-order valence-corrected chi connectivity index (χ3v) is 2.40. The maximum atomic E-state index is 5.53. The molecule has 1 aliphatic heterocycles. The molecule has 1 fully saturated rings. The molecule has 1 N–H and O–H groups in total. The first-order chi connectivity index (χ1) is 6.22. The summed E-state index contributed by atoms with van der Waals surface area (Å²) >= 11 is 0. The molecule has 0 saturated carbocycles. The predicted molar refractivity (Wildman–Crippen MR) is 52.7 cm³/mol. The first-order valence-corrected chi connectivity index (χ1v) is 5.21. The molecule has 13 heavy (non-hydrogen) atoms. The molecule has 0 spiro atoms. The van der Waals surface area contributed by atoms with Gasteiger partial charge in [0.05, 0.1) is 6.61 Å². The standard InChI is InChI=1S/C10H21NO2/c1-4-12-9(3)13-7-10-6-5-8(2)11-10/h8-11H,4-7H2,1-3H3/t8-,9?,10-/m0/s1. The highest BCUT2D eigenvalue weighted by Gasteiger charge is 2.20. The highest BCUT2D eigenvalue weighted by Crippen LogP contribution is 2.12. The van der Waals surface area contributed by atoms with Gasteiger partial charge < -0.3 is 14.8 Å². The number of hydrogen-bond acceptors (Lipinski definition) is 3. The van der Waals surface area contributed by atoms with Crippen LogP contribution in [0, 0.1) is 0 Å². The van der Waals surface area contributed by atoms with Crippen LogP contribution in [0.1, 0.15) is 33.6 Å². The number of rotatable bonds is 5. The lowest BCUT2D eigenvalue weighted by Crippen LogP contribution is -2.32. The molecule has 1 rings (SSSR count). The summed E-state index contributed by atoms with van der Waals surface area (Å²) in [6, 6.07) is 1.17. The minimum atomic E-state index is -0.0669. The molecule has 0 bridgehead atoms. The first-order valence-electron chi connectivity index (χ1n) is 5.21. The molecular formula is C10H21NO2. The van der Waals surface area contributed by atoms with Crippen LogP contribution >= 0.6 is 0 Å². The Labute approximate surface area is 80.8 Å². The highest BCUT2D eigenvalue weighted by molar-refractivity contribution is 4.79. The fourth-order valence-electron chi connectivity index (χ4n) is 1.69. The lowest BCUT2D eigenvalue weighted by Gasteiger charge is -2.16. The molecule has 0 aromatic heterocycles. The van der Waals surface area contributed by atoms with Crippen molar-refractivity contribution in [1.29, 1.82) is 0 Å². The predicted octanol–water partition coefficient (Wildman–Crippen LogP) is 1.53. The van der Waals surface area contributed by atoms with E-state index in [-0.39, 0.29) is 6.29 Å². The van der Waals surface area contributed by atoms with Crippen LogP contribution in [0.2, 0.25) is 0 Å². The zero-order valence-corrected chi connectivity index (χ0v) is 8.88. The molecule has 3 nitrogen and oxygen atoms in total. The summed E-state index contributed by atoms with van der Waals surface area (Å²) in [6.45, 7) is 7.63. The lowest BCUT2D eigenvalue weighted by molar-refractivity contribution is -0.130. The van der Waals surface area contributed by atoms with Gasteiger partial charge in [0.1, 0.15) is 0 Å². The second-order valence-corrected chi connectivity index (χ2v) is 3.70. The molecule has 1 aliphatic rings. The topological polar surface area (TPSA) is 30.5 Å². The molecule has 0 radical (unpaired) electrons. The lowest BCUT2D eigenvalue weighted by atomic mass is 10.2. The minimum Gasteiger partial charge on any atom is -0.353 e. The fourth-order valence-corrected chi connectivity index (χ4v) is 1.69. The van der Waals surface area contributed by atoms with Crippen LogP contribution in [0.15, 0.2) is 0 Å². The van der Waals surface area contributed by atoms with Gasteiger partial charge in [0.15, 0.2) is 6.29 Å². The van der Waals surface area contributed by atoms with Gasteiger partial charge in [-0.2, -0.15) is 0 Å². The Morgan fingerprint density at radius 2 is 2.15 bits per heavy atom.